The van der Waals surface area contributed by atoms with Gasteiger partial charge in [0.1, 0.15) is 0 Å². The minimum Gasteiger partial charge on any atom is -0.464 e. The fourth-order valence-electron chi connectivity index (χ4n) is 4.29. The van der Waals surface area contributed by atoms with E-state index in [0.29, 0.717) is 11.7 Å². The summed E-state index contributed by atoms with van der Waals surface area (Å²) in [5.41, 5.74) is 2.37. The molecule has 0 N–H and O–H groups in total. The van der Waals surface area contributed by atoms with E-state index in [2.05, 4.69) is 9.55 Å². The summed E-state index contributed by atoms with van der Waals surface area (Å²) >= 11 is 0. The smallest absolute Gasteiger partial charge is 0.358 e. The summed E-state index contributed by atoms with van der Waals surface area (Å²) in [5, 5.41) is 0. The molecule has 3 atom stereocenters. The molecule has 0 saturated heterocycles. The Bertz CT molecular complexity index is 692. The second-order valence-corrected chi connectivity index (χ2v) is 6.45. The Morgan fingerprint density at radius 3 is 2.68 bits per heavy atom. The van der Waals surface area contributed by atoms with Gasteiger partial charge in [-0.25, -0.2) is 9.78 Å². The van der Waals surface area contributed by atoms with Crippen LogP contribution in [0.3, 0.4) is 0 Å². The molecule has 0 spiro atoms. The van der Waals surface area contributed by atoms with Crippen molar-refractivity contribution in [2.75, 3.05) is 7.11 Å². The van der Waals surface area contributed by atoms with Crippen LogP contribution in [0.4, 0.5) is 0 Å². The Kier molecular flexibility index (Phi) is 3.25. The third-order valence-corrected chi connectivity index (χ3v) is 5.28. The zero-order chi connectivity index (χ0) is 15.1. The van der Waals surface area contributed by atoms with E-state index in [1.54, 1.807) is 0 Å². The average molecular weight is 296 g/mol. The molecule has 1 aromatic heterocycles. The molecule has 2 saturated carbocycles. The van der Waals surface area contributed by atoms with Crippen molar-refractivity contribution >= 4 is 5.97 Å². The first-order chi connectivity index (χ1) is 10.8. The van der Waals surface area contributed by atoms with Crippen LogP contribution in [0.2, 0.25) is 0 Å². The number of methoxy groups -OCH3 is 1. The maximum Gasteiger partial charge on any atom is 0.358 e. The van der Waals surface area contributed by atoms with Gasteiger partial charge in [-0.05, 0) is 31.1 Å². The van der Waals surface area contributed by atoms with Gasteiger partial charge in [0.25, 0.3) is 0 Å². The second kappa shape index (κ2) is 5.27. The summed E-state index contributed by atoms with van der Waals surface area (Å²) in [6.45, 7) is 0. The number of esters is 1. The van der Waals surface area contributed by atoms with Crippen LogP contribution in [0.15, 0.2) is 36.7 Å². The lowest BCUT2D eigenvalue weighted by Crippen LogP contribution is -2.17. The van der Waals surface area contributed by atoms with E-state index in [-0.39, 0.29) is 5.97 Å². The molecule has 1 heterocycles. The van der Waals surface area contributed by atoms with E-state index < -0.39 is 0 Å². The van der Waals surface area contributed by atoms with E-state index in [0.717, 1.165) is 23.1 Å². The van der Waals surface area contributed by atoms with E-state index in [1.807, 2.05) is 36.7 Å². The molecule has 2 aliphatic carbocycles. The lowest BCUT2D eigenvalue weighted by atomic mass is 9.94. The highest BCUT2D eigenvalue weighted by atomic mass is 16.5. The molecule has 4 rings (SSSR count). The highest BCUT2D eigenvalue weighted by molar-refractivity contribution is 5.94. The first-order valence-electron chi connectivity index (χ1n) is 7.98. The normalized spacial score (nSPS) is 26.3. The summed E-state index contributed by atoms with van der Waals surface area (Å²) in [6.07, 6.45) is 7.03. The van der Waals surface area contributed by atoms with Gasteiger partial charge in [0.15, 0.2) is 5.69 Å². The Labute approximate surface area is 130 Å². The number of carbonyl (C=O) groups is 1. The Hall–Kier alpha value is -2.10. The molecule has 2 aliphatic rings. The van der Waals surface area contributed by atoms with E-state index in [4.69, 9.17) is 4.74 Å². The van der Waals surface area contributed by atoms with Gasteiger partial charge >= 0.3 is 5.97 Å². The summed E-state index contributed by atoms with van der Waals surface area (Å²) in [4.78, 5) is 16.5. The van der Waals surface area contributed by atoms with Gasteiger partial charge in [-0.15, -0.1) is 0 Å². The van der Waals surface area contributed by atoms with Crippen molar-refractivity contribution in [1.29, 1.82) is 0 Å². The number of fused-ring (bicyclic) bond motifs is 2. The van der Waals surface area contributed by atoms with E-state index >= 15 is 0 Å². The zero-order valence-electron chi connectivity index (χ0n) is 12.7. The lowest BCUT2D eigenvalue weighted by molar-refractivity contribution is 0.0595. The maximum atomic E-state index is 12.1. The molecular formula is C18H20N2O2. The minimum absolute atomic E-state index is 0.360. The molecular weight excluding hydrogens is 276 g/mol. The Morgan fingerprint density at radius 2 is 2.05 bits per heavy atom. The predicted octanol–water partition coefficient (Wildman–Crippen LogP) is 3.70. The van der Waals surface area contributed by atoms with Gasteiger partial charge in [0.2, 0.25) is 0 Å². The van der Waals surface area contributed by atoms with E-state index in [9.17, 15) is 4.79 Å². The third-order valence-electron chi connectivity index (χ3n) is 5.28. The summed E-state index contributed by atoms with van der Waals surface area (Å²) in [6, 6.07) is 10.5. The standard InChI is InChI=1S/C18H20N2O2/c1-22-18(21)16-17(13-5-3-2-4-6-13)20(11-19-16)15-10-12-7-8-14(15)9-12/h2-6,11-12,14-15H,7-10H2,1H3/t12?,14?,15-/m1/s1. The van der Waals surface area contributed by atoms with Crippen LogP contribution in [0.25, 0.3) is 11.3 Å². The Balaban J connectivity index is 1.82. The van der Waals surface area contributed by atoms with Crippen molar-refractivity contribution in [2.45, 2.75) is 31.7 Å². The molecule has 4 heteroatoms. The number of nitrogens with zero attached hydrogens (tertiary/aromatic N) is 2. The fourth-order valence-corrected chi connectivity index (χ4v) is 4.29. The highest BCUT2D eigenvalue weighted by Crippen LogP contribution is 2.51. The van der Waals surface area contributed by atoms with Crippen LogP contribution in [-0.2, 0) is 4.74 Å². The highest BCUT2D eigenvalue weighted by Gasteiger charge is 2.41. The number of hydrogen-bond acceptors (Lipinski definition) is 3. The summed E-state index contributed by atoms with van der Waals surface area (Å²) < 4.78 is 7.15. The van der Waals surface area contributed by atoms with E-state index in [1.165, 1.54) is 32.8 Å². The van der Waals surface area contributed by atoms with Gasteiger partial charge in [-0.1, -0.05) is 36.8 Å². The third kappa shape index (κ3) is 2.05. The largest absolute Gasteiger partial charge is 0.464 e. The Morgan fingerprint density at radius 1 is 1.23 bits per heavy atom. The van der Waals surface area contributed by atoms with Crippen molar-refractivity contribution in [3.63, 3.8) is 0 Å². The first-order valence-corrected chi connectivity index (χ1v) is 7.98. The number of carbonyl (C=O) groups excluding carboxylic acids is 1. The molecule has 2 unspecified atom stereocenters. The topological polar surface area (TPSA) is 44.1 Å². The minimum atomic E-state index is -0.360. The van der Waals surface area contributed by atoms with Crippen LogP contribution in [0, 0.1) is 11.8 Å². The molecule has 2 fully saturated rings. The number of rotatable bonds is 3. The molecule has 2 aromatic rings. The van der Waals surface area contributed by atoms with Crippen molar-refractivity contribution < 1.29 is 9.53 Å². The SMILES string of the molecule is COC(=O)c1ncn([C@@H]2CC3CCC2C3)c1-c1ccccc1. The second-order valence-electron chi connectivity index (χ2n) is 6.45. The van der Waals surface area contributed by atoms with Crippen molar-refractivity contribution in [3.8, 4) is 11.3 Å². The maximum absolute atomic E-state index is 12.1. The molecule has 4 nitrogen and oxygen atoms in total. The lowest BCUT2D eigenvalue weighted by Gasteiger charge is -2.25. The number of hydrogen-bond donors (Lipinski definition) is 0. The molecule has 0 amide bonds. The van der Waals surface area contributed by atoms with Crippen LogP contribution in [0.5, 0.6) is 0 Å². The number of ether oxygens (including phenoxy) is 1. The van der Waals surface area contributed by atoms with Crippen LogP contribution < -0.4 is 0 Å². The molecule has 1 aromatic carbocycles. The van der Waals surface area contributed by atoms with Gasteiger partial charge in [0.05, 0.1) is 19.1 Å². The van der Waals surface area contributed by atoms with Crippen LogP contribution >= 0.6 is 0 Å². The number of aromatic nitrogens is 2. The number of benzene rings is 1. The number of imidazole rings is 1. The fraction of sp³-hybridized carbons (Fsp3) is 0.444. The van der Waals surface area contributed by atoms with Crippen molar-refractivity contribution in [2.24, 2.45) is 11.8 Å². The van der Waals surface area contributed by atoms with Gasteiger partial charge in [-0.2, -0.15) is 0 Å². The summed E-state index contributed by atoms with van der Waals surface area (Å²) in [7, 11) is 1.41. The van der Waals surface area contributed by atoms with Gasteiger partial charge in [0, 0.05) is 11.6 Å². The molecule has 0 radical (unpaired) electrons. The van der Waals surface area contributed by atoms with Crippen LogP contribution in [0.1, 0.15) is 42.2 Å². The predicted molar refractivity (Wildman–Crippen MR) is 83.5 cm³/mol. The van der Waals surface area contributed by atoms with Crippen molar-refractivity contribution in [3.05, 3.63) is 42.4 Å². The van der Waals surface area contributed by atoms with Crippen LogP contribution in [-0.4, -0.2) is 22.6 Å². The molecule has 2 bridgehead atoms. The monoisotopic (exact) mass is 296 g/mol. The van der Waals surface area contributed by atoms with Gasteiger partial charge in [-0.3, -0.25) is 0 Å². The average Bonchev–Trinajstić information content (AvgIpc) is 3.29. The molecule has 114 valence electrons. The first kappa shape index (κ1) is 13.6. The summed E-state index contributed by atoms with van der Waals surface area (Å²) in [5.74, 6) is 1.22. The quantitative estimate of drug-likeness (QED) is 0.811. The van der Waals surface area contributed by atoms with Gasteiger partial charge < -0.3 is 9.30 Å². The zero-order valence-corrected chi connectivity index (χ0v) is 12.7. The molecule has 0 aliphatic heterocycles. The molecule has 22 heavy (non-hydrogen) atoms. The van der Waals surface area contributed by atoms with Crippen molar-refractivity contribution in [1.82, 2.24) is 9.55 Å².